The third-order valence-electron chi connectivity index (χ3n) is 4.77. The zero-order valence-corrected chi connectivity index (χ0v) is 17.0. The molecule has 0 saturated carbocycles. The third kappa shape index (κ3) is 4.25. The summed E-state index contributed by atoms with van der Waals surface area (Å²) >= 11 is 0. The summed E-state index contributed by atoms with van der Waals surface area (Å²) in [6.45, 7) is 10.7. The number of pyridine rings is 1. The SMILES string of the molecule is CCOc1ccc(C(=O)Nc2ccc3nc(N(CC)CC)cc(C)c3c2)cc1. The quantitative estimate of drug-likeness (QED) is 0.627. The highest BCUT2D eigenvalue weighted by molar-refractivity contribution is 6.05. The Morgan fingerprint density at radius 2 is 1.75 bits per heavy atom. The molecule has 28 heavy (non-hydrogen) atoms. The van der Waals surface area contributed by atoms with E-state index in [1.165, 1.54) is 0 Å². The number of fused-ring (bicyclic) bond motifs is 1. The van der Waals surface area contributed by atoms with Crippen LogP contribution in [0.3, 0.4) is 0 Å². The summed E-state index contributed by atoms with van der Waals surface area (Å²) in [6, 6.07) is 15.1. The summed E-state index contributed by atoms with van der Waals surface area (Å²) in [4.78, 5) is 19.6. The Morgan fingerprint density at radius 3 is 2.39 bits per heavy atom. The molecule has 1 aromatic heterocycles. The monoisotopic (exact) mass is 377 g/mol. The van der Waals surface area contributed by atoms with Crippen LogP contribution in [0, 0.1) is 6.92 Å². The van der Waals surface area contributed by atoms with Crippen LogP contribution < -0.4 is 15.0 Å². The highest BCUT2D eigenvalue weighted by Crippen LogP contribution is 2.25. The number of nitrogens with one attached hydrogen (secondary N) is 1. The minimum atomic E-state index is -0.146. The second-order valence-electron chi connectivity index (χ2n) is 6.61. The van der Waals surface area contributed by atoms with Crippen LogP contribution in [0.4, 0.5) is 11.5 Å². The maximum absolute atomic E-state index is 12.6. The number of benzene rings is 2. The summed E-state index contributed by atoms with van der Waals surface area (Å²) < 4.78 is 5.42. The molecule has 1 amide bonds. The Balaban J connectivity index is 1.83. The fourth-order valence-corrected chi connectivity index (χ4v) is 3.24. The molecule has 3 aromatic rings. The van der Waals surface area contributed by atoms with Crippen LogP contribution in [-0.2, 0) is 0 Å². The average molecular weight is 377 g/mol. The van der Waals surface area contributed by atoms with Gasteiger partial charge in [-0.25, -0.2) is 4.98 Å². The zero-order chi connectivity index (χ0) is 20.1. The van der Waals surface area contributed by atoms with Gasteiger partial charge in [0.15, 0.2) is 0 Å². The van der Waals surface area contributed by atoms with Gasteiger partial charge in [-0.2, -0.15) is 0 Å². The number of carbonyl (C=O) groups excluding carboxylic acids is 1. The van der Waals surface area contributed by atoms with Gasteiger partial charge in [0, 0.05) is 29.7 Å². The van der Waals surface area contributed by atoms with Gasteiger partial charge in [-0.1, -0.05) is 0 Å². The molecule has 0 radical (unpaired) electrons. The van der Waals surface area contributed by atoms with Crippen molar-refractivity contribution in [1.29, 1.82) is 0 Å². The van der Waals surface area contributed by atoms with Gasteiger partial charge >= 0.3 is 0 Å². The molecule has 0 bridgehead atoms. The molecule has 3 rings (SSSR count). The Hall–Kier alpha value is -3.08. The van der Waals surface area contributed by atoms with E-state index in [9.17, 15) is 4.79 Å². The van der Waals surface area contributed by atoms with Crippen LogP contribution in [0.15, 0.2) is 48.5 Å². The van der Waals surface area contributed by atoms with E-state index >= 15 is 0 Å². The number of aryl methyl sites for hydroxylation is 1. The molecule has 0 aliphatic heterocycles. The number of anilines is 2. The molecule has 5 heteroatoms. The average Bonchev–Trinajstić information content (AvgIpc) is 2.70. The van der Waals surface area contributed by atoms with Crippen molar-refractivity contribution in [3.8, 4) is 5.75 Å². The number of aromatic nitrogens is 1. The standard InChI is InChI=1S/C23H27N3O2/c1-5-26(6-2)22-14-16(4)20-15-18(10-13-21(20)25-22)24-23(27)17-8-11-19(12-9-17)28-7-3/h8-15H,5-7H2,1-4H3,(H,24,27). The van der Waals surface area contributed by atoms with Crippen molar-refractivity contribution < 1.29 is 9.53 Å². The molecule has 0 aliphatic rings. The number of nitrogens with zero attached hydrogens (tertiary/aromatic N) is 2. The van der Waals surface area contributed by atoms with Crippen LogP contribution >= 0.6 is 0 Å². The van der Waals surface area contributed by atoms with Crippen molar-refractivity contribution in [3.05, 3.63) is 59.7 Å². The van der Waals surface area contributed by atoms with E-state index in [1.54, 1.807) is 12.1 Å². The van der Waals surface area contributed by atoms with E-state index in [4.69, 9.17) is 9.72 Å². The van der Waals surface area contributed by atoms with Crippen molar-refractivity contribution in [3.63, 3.8) is 0 Å². The number of rotatable bonds is 7. The van der Waals surface area contributed by atoms with Gasteiger partial charge in [0.1, 0.15) is 11.6 Å². The van der Waals surface area contributed by atoms with Gasteiger partial charge in [0.05, 0.1) is 12.1 Å². The van der Waals surface area contributed by atoms with Crippen molar-refractivity contribution in [2.24, 2.45) is 0 Å². The van der Waals surface area contributed by atoms with E-state index < -0.39 is 0 Å². The maximum Gasteiger partial charge on any atom is 0.255 e. The molecule has 5 nitrogen and oxygen atoms in total. The van der Waals surface area contributed by atoms with E-state index in [1.807, 2.05) is 37.3 Å². The smallest absolute Gasteiger partial charge is 0.255 e. The molecule has 0 aliphatic carbocycles. The zero-order valence-electron chi connectivity index (χ0n) is 17.0. The highest BCUT2D eigenvalue weighted by Gasteiger charge is 2.10. The lowest BCUT2D eigenvalue weighted by atomic mass is 10.1. The fourth-order valence-electron chi connectivity index (χ4n) is 3.24. The minimum absolute atomic E-state index is 0.146. The summed E-state index contributed by atoms with van der Waals surface area (Å²) in [7, 11) is 0. The van der Waals surface area contributed by atoms with Gasteiger partial charge in [0.2, 0.25) is 0 Å². The molecular formula is C23H27N3O2. The molecule has 146 valence electrons. The number of hydrogen-bond donors (Lipinski definition) is 1. The second-order valence-corrected chi connectivity index (χ2v) is 6.61. The summed E-state index contributed by atoms with van der Waals surface area (Å²) in [5, 5.41) is 4.01. The topological polar surface area (TPSA) is 54.5 Å². The summed E-state index contributed by atoms with van der Waals surface area (Å²) in [6.07, 6.45) is 0. The van der Waals surface area contributed by atoms with Crippen molar-refractivity contribution in [1.82, 2.24) is 4.98 Å². The van der Waals surface area contributed by atoms with Crippen LogP contribution in [-0.4, -0.2) is 30.6 Å². The van der Waals surface area contributed by atoms with Crippen LogP contribution in [0.25, 0.3) is 10.9 Å². The fraction of sp³-hybridized carbons (Fsp3) is 0.304. The molecule has 0 atom stereocenters. The van der Waals surface area contributed by atoms with E-state index in [2.05, 4.69) is 37.1 Å². The van der Waals surface area contributed by atoms with Crippen LogP contribution in [0.1, 0.15) is 36.7 Å². The van der Waals surface area contributed by atoms with Crippen molar-refractivity contribution in [2.75, 3.05) is 29.9 Å². The van der Waals surface area contributed by atoms with E-state index in [-0.39, 0.29) is 5.91 Å². The molecule has 1 heterocycles. The van der Waals surface area contributed by atoms with Crippen LogP contribution in [0.2, 0.25) is 0 Å². The largest absolute Gasteiger partial charge is 0.494 e. The third-order valence-corrected chi connectivity index (χ3v) is 4.77. The maximum atomic E-state index is 12.6. The molecule has 2 aromatic carbocycles. The first-order valence-corrected chi connectivity index (χ1v) is 9.76. The summed E-state index contributed by atoms with van der Waals surface area (Å²) in [5.74, 6) is 1.60. The Bertz CT molecular complexity index is 963. The number of amides is 1. The van der Waals surface area contributed by atoms with Crippen molar-refractivity contribution >= 4 is 28.3 Å². The Morgan fingerprint density at radius 1 is 1.04 bits per heavy atom. The first-order valence-electron chi connectivity index (χ1n) is 9.76. The molecule has 0 unspecified atom stereocenters. The first kappa shape index (κ1) is 19.7. The Kier molecular flexibility index (Phi) is 6.14. The summed E-state index contributed by atoms with van der Waals surface area (Å²) in [5.41, 5.74) is 3.42. The predicted molar refractivity (Wildman–Crippen MR) is 116 cm³/mol. The molecule has 0 spiro atoms. The predicted octanol–water partition coefficient (Wildman–Crippen LogP) is 5.04. The van der Waals surface area contributed by atoms with Gasteiger partial charge in [-0.15, -0.1) is 0 Å². The molecular weight excluding hydrogens is 350 g/mol. The minimum Gasteiger partial charge on any atom is -0.494 e. The van der Waals surface area contributed by atoms with Gasteiger partial charge in [0.25, 0.3) is 5.91 Å². The number of ether oxygens (including phenoxy) is 1. The van der Waals surface area contributed by atoms with Crippen LogP contribution in [0.5, 0.6) is 5.75 Å². The normalized spacial score (nSPS) is 10.7. The molecule has 1 N–H and O–H groups in total. The first-order chi connectivity index (χ1) is 13.5. The number of carbonyl (C=O) groups is 1. The molecule has 0 fully saturated rings. The number of hydrogen-bond acceptors (Lipinski definition) is 4. The van der Waals surface area contributed by atoms with Gasteiger partial charge < -0.3 is 15.0 Å². The van der Waals surface area contributed by atoms with E-state index in [0.717, 1.165) is 46.8 Å². The van der Waals surface area contributed by atoms with Gasteiger partial charge in [-0.3, -0.25) is 4.79 Å². The molecule has 0 saturated heterocycles. The second kappa shape index (κ2) is 8.74. The van der Waals surface area contributed by atoms with Crippen molar-refractivity contribution in [2.45, 2.75) is 27.7 Å². The lowest BCUT2D eigenvalue weighted by Gasteiger charge is -2.21. The van der Waals surface area contributed by atoms with Gasteiger partial charge in [-0.05, 0) is 81.8 Å². The Labute approximate surface area is 166 Å². The lowest BCUT2D eigenvalue weighted by molar-refractivity contribution is 0.102. The highest BCUT2D eigenvalue weighted by atomic mass is 16.5. The lowest BCUT2D eigenvalue weighted by Crippen LogP contribution is -2.23. The van der Waals surface area contributed by atoms with E-state index in [0.29, 0.717) is 12.2 Å².